The third-order valence-electron chi connectivity index (χ3n) is 3.29. The number of benzene rings is 2. The first-order chi connectivity index (χ1) is 11.9. The van der Waals surface area contributed by atoms with E-state index in [0.717, 1.165) is 0 Å². The Balaban J connectivity index is 2.09. The van der Waals surface area contributed by atoms with E-state index < -0.39 is 42.0 Å². The lowest BCUT2D eigenvalue weighted by Crippen LogP contribution is -2.31. The maximum absolute atomic E-state index is 13.3. The Kier molecular flexibility index (Phi) is 5.99. The molecule has 0 saturated carbocycles. The van der Waals surface area contributed by atoms with Crippen molar-refractivity contribution in [3.8, 4) is 0 Å². The highest BCUT2D eigenvalue weighted by Gasteiger charge is 2.22. The molecule has 0 aliphatic carbocycles. The van der Waals surface area contributed by atoms with Crippen molar-refractivity contribution in [1.82, 2.24) is 5.32 Å². The van der Waals surface area contributed by atoms with Crippen molar-refractivity contribution in [3.05, 3.63) is 71.0 Å². The fourth-order valence-corrected chi connectivity index (χ4v) is 2.11. The summed E-state index contributed by atoms with van der Waals surface area (Å²) in [6, 6.07) is 8.67. The number of carboxylic acid groups (broad SMARTS) is 1. The van der Waals surface area contributed by atoms with Crippen LogP contribution in [-0.4, -0.2) is 17.2 Å². The molecular weight excluding hydrogens is 339 g/mol. The Morgan fingerprint density at radius 2 is 1.68 bits per heavy atom. The quantitative estimate of drug-likeness (QED) is 0.779. The summed E-state index contributed by atoms with van der Waals surface area (Å²) in [5, 5.41) is 11.1. The third kappa shape index (κ3) is 5.23. The van der Waals surface area contributed by atoms with Gasteiger partial charge in [-0.15, -0.1) is 0 Å². The second-order valence-electron chi connectivity index (χ2n) is 5.16. The standard InChI is InChI=1S/C17H14F3NO4/c18-12-6-11(7-13(19)16(12)20)14(8-15(22)23)21-17(24)25-9-10-4-2-1-3-5-10/h1-7,14H,8-9H2,(H,21,24)(H,22,23)/t14-/m0/s1. The van der Waals surface area contributed by atoms with Crippen LogP contribution in [0.5, 0.6) is 0 Å². The van der Waals surface area contributed by atoms with Crippen LogP contribution < -0.4 is 5.32 Å². The van der Waals surface area contributed by atoms with Crippen LogP contribution in [0.2, 0.25) is 0 Å². The van der Waals surface area contributed by atoms with E-state index in [1.807, 2.05) is 0 Å². The van der Waals surface area contributed by atoms with Gasteiger partial charge in [-0.2, -0.15) is 0 Å². The highest BCUT2D eigenvalue weighted by molar-refractivity contribution is 5.72. The van der Waals surface area contributed by atoms with Gasteiger partial charge in [0.1, 0.15) is 6.61 Å². The smallest absolute Gasteiger partial charge is 0.407 e. The lowest BCUT2D eigenvalue weighted by atomic mass is 10.0. The van der Waals surface area contributed by atoms with Gasteiger partial charge < -0.3 is 15.2 Å². The van der Waals surface area contributed by atoms with Gasteiger partial charge in [-0.05, 0) is 23.3 Å². The number of hydrogen-bond donors (Lipinski definition) is 2. The summed E-state index contributed by atoms with van der Waals surface area (Å²) < 4.78 is 44.6. The van der Waals surface area contributed by atoms with E-state index in [1.54, 1.807) is 30.3 Å². The first kappa shape index (κ1) is 18.3. The van der Waals surface area contributed by atoms with Crippen LogP contribution in [0.3, 0.4) is 0 Å². The maximum atomic E-state index is 13.3. The normalized spacial score (nSPS) is 11.6. The topological polar surface area (TPSA) is 75.6 Å². The molecule has 0 aliphatic heterocycles. The van der Waals surface area contributed by atoms with E-state index in [2.05, 4.69) is 5.32 Å². The lowest BCUT2D eigenvalue weighted by molar-refractivity contribution is -0.137. The number of amides is 1. The molecule has 5 nitrogen and oxygen atoms in total. The van der Waals surface area contributed by atoms with Crippen molar-refractivity contribution in [3.63, 3.8) is 0 Å². The Labute approximate surface area is 141 Å². The van der Waals surface area contributed by atoms with Gasteiger partial charge in [0, 0.05) is 0 Å². The first-order valence-corrected chi connectivity index (χ1v) is 7.20. The molecule has 2 rings (SSSR count). The van der Waals surface area contributed by atoms with Crippen molar-refractivity contribution >= 4 is 12.1 Å². The second kappa shape index (κ2) is 8.18. The van der Waals surface area contributed by atoms with Gasteiger partial charge >= 0.3 is 12.1 Å². The number of ether oxygens (including phenoxy) is 1. The first-order valence-electron chi connectivity index (χ1n) is 7.20. The monoisotopic (exact) mass is 353 g/mol. The van der Waals surface area contributed by atoms with Crippen molar-refractivity contribution in [1.29, 1.82) is 0 Å². The van der Waals surface area contributed by atoms with Crippen LogP contribution in [0.1, 0.15) is 23.6 Å². The molecule has 2 N–H and O–H groups in total. The fraction of sp³-hybridized carbons (Fsp3) is 0.176. The van der Waals surface area contributed by atoms with Gasteiger partial charge in [-0.25, -0.2) is 18.0 Å². The van der Waals surface area contributed by atoms with E-state index >= 15 is 0 Å². The number of carbonyl (C=O) groups is 2. The average Bonchev–Trinajstić information content (AvgIpc) is 2.57. The van der Waals surface area contributed by atoms with Crippen LogP contribution in [0, 0.1) is 17.5 Å². The molecule has 0 spiro atoms. The Hall–Kier alpha value is -3.03. The van der Waals surface area contributed by atoms with Gasteiger partial charge in [0.15, 0.2) is 17.5 Å². The van der Waals surface area contributed by atoms with Crippen molar-refractivity contribution in [2.24, 2.45) is 0 Å². The molecule has 0 saturated heterocycles. The molecule has 8 heteroatoms. The zero-order valence-electron chi connectivity index (χ0n) is 12.8. The summed E-state index contributed by atoms with van der Waals surface area (Å²) in [6.45, 7) is -0.0708. The number of carbonyl (C=O) groups excluding carboxylic acids is 1. The number of hydrogen-bond acceptors (Lipinski definition) is 3. The highest BCUT2D eigenvalue weighted by atomic mass is 19.2. The Bertz CT molecular complexity index is 745. The fourth-order valence-electron chi connectivity index (χ4n) is 2.11. The van der Waals surface area contributed by atoms with Crippen molar-refractivity contribution < 1.29 is 32.6 Å². The number of nitrogens with one attached hydrogen (secondary N) is 1. The molecular formula is C17H14F3NO4. The molecule has 1 atom stereocenters. The van der Waals surface area contributed by atoms with E-state index in [0.29, 0.717) is 17.7 Å². The van der Waals surface area contributed by atoms with E-state index in [4.69, 9.17) is 9.84 Å². The Morgan fingerprint density at radius 3 is 2.24 bits per heavy atom. The minimum Gasteiger partial charge on any atom is -0.481 e. The molecule has 0 heterocycles. The highest BCUT2D eigenvalue weighted by Crippen LogP contribution is 2.22. The molecule has 0 unspecified atom stereocenters. The molecule has 0 aromatic heterocycles. The van der Waals surface area contributed by atoms with E-state index in [-0.39, 0.29) is 12.2 Å². The summed E-state index contributed by atoms with van der Waals surface area (Å²) in [6.07, 6.45) is -1.63. The van der Waals surface area contributed by atoms with Gasteiger partial charge in [0.2, 0.25) is 0 Å². The van der Waals surface area contributed by atoms with Crippen LogP contribution in [-0.2, 0) is 16.1 Å². The van der Waals surface area contributed by atoms with Crippen LogP contribution in [0.25, 0.3) is 0 Å². The number of rotatable bonds is 6. The number of halogens is 3. The van der Waals surface area contributed by atoms with Gasteiger partial charge in [-0.3, -0.25) is 4.79 Å². The zero-order valence-corrected chi connectivity index (χ0v) is 12.8. The molecule has 2 aromatic carbocycles. The predicted octanol–water partition coefficient (Wildman–Crippen LogP) is 3.55. The average molecular weight is 353 g/mol. The third-order valence-corrected chi connectivity index (χ3v) is 3.29. The number of alkyl carbamates (subject to hydrolysis) is 1. The van der Waals surface area contributed by atoms with E-state index in [1.165, 1.54) is 0 Å². The molecule has 0 radical (unpaired) electrons. The largest absolute Gasteiger partial charge is 0.481 e. The predicted molar refractivity (Wildman–Crippen MR) is 81.1 cm³/mol. The summed E-state index contributed by atoms with van der Waals surface area (Å²) in [7, 11) is 0. The van der Waals surface area contributed by atoms with Crippen molar-refractivity contribution in [2.75, 3.05) is 0 Å². The minimum atomic E-state index is -1.68. The molecule has 0 fully saturated rings. The van der Waals surface area contributed by atoms with Crippen LogP contribution >= 0.6 is 0 Å². The molecule has 132 valence electrons. The molecule has 0 bridgehead atoms. The summed E-state index contributed by atoms with van der Waals surface area (Å²) in [5.74, 6) is -5.96. The van der Waals surface area contributed by atoms with Gasteiger partial charge in [0.25, 0.3) is 0 Å². The van der Waals surface area contributed by atoms with Crippen molar-refractivity contribution in [2.45, 2.75) is 19.1 Å². The van der Waals surface area contributed by atoms with E-state index in [9.17, 15) is 22.8 Å². The SMILES string of the molecule is O=C(O)C[C@H](NC(=O)OCc1ccccc1)c1cc(F)c(F)c(F)c1. The van der Waals surface area contributed by atoms with Crippen LogP contribution in [0.15, 0.2) is 42.5 Å². The molecule has 2 aromatic rings. The number of aliphatic carboxylic acids is 1. The summed E-state index contributed by atoms with van der Waals surface area (Å²) >= 11 is 0. The minimum absolute atomic E-state index is 0.0708. The van der Waals surface area contributed by atoms with Crippen LogP contribution in [0.4, 0.5) is 18.0 Å². The summed E-state index contributed by atoms with van der Waals surface area (Å²) in [5.41, 5.74) is 0.474. The molecule has 0 aliphatic rings. The molecule has 1 amide bonds. The maximum Gasteiger partial charge on any atom is 0.407 e. The van der Waals surface area contributed by atoms with Gasteiger partial charge in [0.05, 0.1) is 12.5 Å². The second-order valence-corrected chi connectivity index (χ2v) is 5.16. The number of carboxylic acids is 1. The zero-order chi connectivity index (χ0) is 18.4. The van der Waals surface area contributed by atoms with Gasteiger partial charge in [-0.1, -0.05) is 30.3 Å². The Morgan fingerprint density at radius 1 is 1.08 bits per heavy atom. The molecule has 25 heavy (non-hydrogen) atoms. The summed E-state index contributed by atoms with van der Waals surface area (Å²) in [4.78, 5) is 22.8. The lowest BCUT2D eigenvalue weighted by Gasteiger charge is -2.18.